The van der Waals surface area contributed by atoms with Crippen LogP contribution < -0.4 is 4.90 Å². The first kappa shape index (κ1) is 13.6. The van der Waals surface area contributed by atoms with Gasteiger partial charge in [0.25, 0.3) is 0 Å². The Labute approximate surface area is 122 Å². The number of hydrogen-bond acceptors (Lipinski definition) is 6. The van der Waals surface area contributed by atoms with Gasteiger partial charge in [0.2, 0.25) is 0 Å². The van der Waals surface area contributed by atoms with E-state index in [-0.39, 0.29) is 12.0 Å². The van der Waals surface area contributed by atoms with Crippen molar-refractivity contribution in [2.45, 2.75) is 33.3 Å². The smallest absolute Gasteiger partial charge is 0.185 e. The van der Waals surface area contributed by atoms with Crippen molar-refractivity contribution in [2.24, 2.45) is 5.92 Å². The van der Waals surface area contributed by atoms with Gasteiger partial charge in [0, 0.05) is 36.4 Å². The maximum atomic E-state index is 10.2. The predicted octanol–water partition coefficient (Wildman–Crippen LogP) is 2.10. The molecule has 20 heavy (non-hydrogen) atoms. The fourth-order valence-corrected chi connectivity index (χ4v) is 3.50. The van der Waals surface area contributed by atoms with Crippen LogP contribution in [0.1, 0.15) is 22.0 Å². The molecule has 108 valence electrons. The maximum absolute atomic E-state index is 10.2. The first-order valence-corrected chi connectivity index (χ1v) is 7.64. The fourth-order valence-electron chi connectivity index (χ4n) is 2.57. The lowest BCUT2D eigenvalue weighted by Gasteiger charge is -2.13. The monoisotopic (exact) mass is 293 g/mol. The van der Waals surface area contributed by atoms with E-state index in [1.54, 1.807) is 11.3 Å². The number of aryl methyl sites for hydroxylation is 3. The molecule has 0 aromatic carbocycles. The number of aliphatic hydroxyl groups is 1. The van der Waals surface area contributed by atoms with Crippen molar-refractivity contribution in [3.8, 4) is 0 Å². The number of hydrogen-bond donors (Lipinski definition) is 1. The van der Waals surface area contributed by atoms with Gasteiger partial charge < -0.3 is 14.5 Å². The van der Waals surface area contributed by atoms with E-state index in [1.807, 2.05) is 19.9 Å². The molecule has 1 fully saturated rings. The molecular formula is C14H19N3O2S. The predicted molar refractivity (Wildman–Crippen MR) is 78.2 cm³/mol. The zero-order valence-corrected chi connectivity index (χ0v) is 12.8. The Morgan fingerprint density at radius 1 is 1.40 bits per heavy atom. The van der Waals surface area contributed by atoms with Crippen molar-refractivity contribution >= 4 is 16.5 Å². The van der Waals surface area contributed by atoms with Crippen LogP contribution in [0.5, 0.6) is 0 Å². The molecule has 1 aliphatic heterocycles. The lowest BCUT2D eigenvalue weighted by molar-refractivity contribution is 0.143. The van der Waals surface area contributed by atoms with E-state index in [4.69, 9.17) is 4.52 Å². The second-order valence-corrected chi connectivity index (χ2v) is 6.69. The summed E-state index contributed by atoms with van der Waals surface area (Å²) in [6.07, 6.45) is 0.381. The zero-order chi connectivity index (χ0) is 14.3. The Bertz CT molecular complexity index is 588. The van der Waals surface area contributed by atoms with Crippen molar-refractivity contribution in [2.75, 3.05) is 18.0 Å². The third-order valence-electron chi connectivity index (χ3n) is 3.83. The molecule has 0 spiro atoms. The summed E-state index contributed by atoms with van der Waals surface area (Å²) in [6.45, 7) is 7.47. The van der Waals surface area contributed by atoms with Gasteiger partial charge in [0.05, 0.1) is 17.5 Å². The van der Waals surface area contributed by atoms with Crippen molar-refractivity contribution in [1.82, 2.24) is 10.1 Å². The minimum absolute atomic E-state index is 0.173. The van der Waals surface area contributed by atoms with Gasteiger partial charge in [-0.05, 0) is 20.8 Å². The van der Waals surface area contributed by atoms with Gasteiger partial charge in [0.15, 0.2) is 5.13 Å². The Hall–Kier alpha value is -1.40. The molecule has 0 unspecified atom stereocenters. The molecule has 2 aromatic heterocycles. The van der Waals surface area contributed by atoms with Gasteiger partial charge in [-0.25, -0.2) is 4.98 Å². The topological polar surface area (TPSA) is 62.4 Å². The second-order valence-electron chi connectivity index (χ2n) is 5.51. The average Bonchev–Trinajstić information content (AvgIpc) is 3.04. The average molecular weight is 293 g/mol. The molecule has 0 amide bonds. The van der Waals surface area contributed by atoms with Crippen molar-refractivity contribution < 1.29 is 9.63 Å². The highest BCUT2D eigenvalue weighted by Gasteiger charge is 2.33. The summed E-state index contributed by atoms with van der Waals surface area (Å²) >= 11 is 1.69. The van der Waals surface area contributed by atoms with Gasteiger partial charge in [-0.3, -0.25) is 0 Å². The van der Waals surface area contributed by atoms with Crippen LogP contribution in [0.15, 0.2) is 10.6 Å². The summed E-state index contributed by atoms with van der Waals surface area (Å²) in [4.78, 5) is 7.98. The molecule has 2 aromatic rings. The molecule has 0 bridgehead atoms. The van der Waals surface area contributed by atoms with Crippen molar-refractivity contribution in [3.05, 3.63) is 28.1 Å². The van der Waals surface area contributed by atoms with Crippen LogP contribution in [0.3, 0.4) is 0 Å². The molecule has 1 aliphatic rings. The van der Waals surface area contributed by atoms with Crippen LogP contribution in [-0.4, -0.2) is 34.4 Å². The molecule has 0 saturated carbocycles. The summed E-state index contributed by atoms with van der Waals surface area (Å²) in [7, 11) is 0. The van der Waals surface area contributed by atoms with E-state index in [0.29, 0.717) is 6.54 Å². The Kier molecular flexibility index (Phi) is 3.52. The van der Waals surface area contributed by atoms with Gasteiger partial charge in [-0.1, -0.05) is 5.16 Å². The first-order valence-electron chi connectivity index (χ1n) is 6.82. The van der Waals surface area contributed by atoms with Crippen molar-refractivity contribution in [1.29, 1.82) is 0 Å². The minimum Gasteiger partial charge on any atom is -0.391 e. The summed E-state index contributed by atoms with van der Waals surface area (Å²) in [6, 6.07) is 1.94. The number of rotatable bonds is 3. The molecule has 2 atom stereocenters. The number of thiazole rings is 1. The number of anilines is 1. The van der Waals surface area contributed by atoms with Crippen LogP contribution in [0, 0.1) is 26.7 Å². The number of aromatic nitrogens is 2. The summed E-state index contributed by atoms with van der Waals surface area (Å²) in [5.41, 5.74) is 1.96. The Morgan fingerprint density at radius 2 is 2.20 bits per heavy atom. The molecular weight excluding hydrogens is 274 g/mol. The summed E-state index contributed by atoms with van der Waals surface area (Å²) in [5, 5.41) is 15.1. The Balaban J connectivity index is 1.70. The van der Waals surface area contributed by atoms with Gasteiger partial charge in [0.1, 0.15) is 5.76 Å². The lowest BCUT2D eigenvalue weighted by Crippen LogP contribution is -2.20. The largest absolute Gasteiger partial charge is 0.391 e. The van der Waals surface area contributed by atoms with Gasteiger partial charge >= 0.3 is 0 Å². The summed E-state index contributed by atoms with van der Waals surface area (Å²) in [5.74, 6) is 1.02. The number of aliphatic hydroxyl groups excluding tert-OH is 1. The molecule has 1 saturated heterocycles. The molecule has 0 radical (unpaired) electrons. The highest BCUT2D eigenvalue weighted by Crippen LogP contribution is 2.31. The van der Waals surface area contributed by atoms with E-state index >= 15 is 0 Å². The van der Waals surface area contributed by atoms with Gasteiger partial charge in [-0.15, -0.1) is 11.3 Å². The molecule has 6 heteroatoms. The highest BCUT2D eigenvalue weighted by molar-refractivity contribution is 7.15. The van der Waals surface area contributed by atoms with E-state index in [9.17, 15) is 5.11 Å². The van der Waals surface area contributed by atoms with Gasteiger partial charge in [-0.2, -0.15) is 0 Å². The molecule has 1 N–H and O–H groups in total. The molecule has 5 nitrogen and oxygen atoms in total. The molecule has 0 aliphatic carbocycles. The van der Waals surface area contributed by atoms with E-state index in [1.165, 1.54) is 4.88 Å². The fraction of sp³-hybridized carbons (Fsp3) is 0.571. The van der Waals surface area contributed by atoms with Crippen LogP contribution in [0.25, 0.3) is 0 Å². The minimum atomic E-state index is -0.343. The Morgan fingerprint density at radius 3 is 2.80 bits per heavy atom. The summed E-state index contributed by atoms with van der Waals surface area (Å²) < 4.78 is 5.25. The van der Waals surface area contributed by atoms with E-state index in [2.05, 4.69) is 22.0 Å². The normalized spacial score (nSPS) is 22.7. The molecule has 3 rings (SSSR count). The number of nitrogens with zero attached hydrogens (tertiary/aromatic N) is 3. The standard InChI is InChI=1S/C14H19N3O2S/c1-8-4-12(19-16-8)5-11-6-17(7-13(11)18)14-15-9(2)10(3)20-14/h4,11,13,18H,5-7H2,1-3H3/t11-,13+/m1/s1. The zero-order valence-electron chi connectivity index (χ0n) is 12.0. The number of β-amino-alcohol motifs (C(OH)–C–C–N with tert-alkyl or cyclic N) is 1. The van der Waals surface area contributed by atoms with Crippen LogP contribution in [-0.2, 0) is 6.42 Å². The highest BCUT2D eigenvalue weighted by atomic mass is 32.1. The molecule has 3 heterocycles. The van der Waals surface area contributed by atoms with E-state index < -0.39 is 0 Å². The van der Waals surface area contributed by atoms with E-state index in [0.717, 1.165) is 35.2 Å². The third kappa shape index (κ3) is 2.58. The lowest BCUT2D eigenvalue weighted by atomic mass is 10.0. The van der Waals surface area contributed by atoms with Crippen LogP contribution in [0.4, 0.5) is 5.13 Å². The van der Waals surface area contributed by atoms with Crippen LogP contribution >= 0.6 is 11.3 Å². The third-order valence-corrected chi connectivity index (χ3v) is 4.97. The second kappa shape index (κ2) is 5.18. The quantitative estimate of drug-likeness (QED) is 0.939. The van der Waals surface area contributed by atoms with Crippen molar-refractivity contribution in [3.63, 3.8) is 0 Å². The first-order chi connectivity index (χ1) is 9.52. The SMILES string of the molecule is Cc1cc(C[C@@H]2CN(c3nc(C)c(C)s3)C[C@@H]2O)on1. The van der Waals surface area contributed by atoms with Crippen LogP contribution in [0.2, 0.25) is 0 Å². The maximum Gasteiger partial charge on any atom is 0.185 e.